The van der Waals surface area contributed by atoms with Crippen LogP contribution < -0.4 is 4.72 Å². The Balaban J connectivity index is 1.76. The van der Waals surface area contributed by atoms with Crippen LogP contribution >= 0.6 is 0 Å². The van der Waals surface area contributed by atoms with Crippen molar-refractivity contribution in [3.63, 3.8) is 0 Å². The summed E-state index contributed by atoms with van der Waals surface area (Å²) in [5, 5.41) is 0. The minimum absolute atomic E-state index is 0.0540. The minimum atomic E-state index is -3.72. The molecule has 9 heteroatoms. The largest absolute Gasteiger partial charge is 0.331 e. The highest BCUT2D eigenvalue weighted by molar-refractivity contribution is 7.92. The summed E-state index contributed by atoms with van der Waals surface area (Å²) in [6, 6.07) is 13.6. The highest BCUT2D eigenvalue weighted by Crippen LogP contribution is 2.22. The van der Waals surface area contributed by atoms with Crippen molar-refractivity contribution in [1.29, 1.82) is 0 Å². The molecule has 1 saturated heterocycles. The summed E-state index contributed by atoms with van der Waals surface area (Å²) in [4.78, 5) is 14.5. The Morgan fingerprint density at radius 1 is 1.14 bits per heavy atom. The maximum atomic E-state index is 12.9. The highest BCUT2D eigenvalue weighted by Gasteiger charge is 2.34. The SMILES string of the molecule is C=CCN(C(=O)c1ccc(NS(=O)(=O)c2ccccc2)cc1)C1CCS(=O)(=O)C1. The molecule has 0 saturated carbocycles. The van der Waals surface area contributed by atoms with Crippen LogP contribution in [0.1, 0.15) is 16.8 Å². The number of amides is 1. The molecule has 0 aromatic heterocycles. The number of benzene rings is 2. The van der Waals surface area contributed by atoms with Crippen LogP contribution in [-0.4, -0.2) is 51.7 Å². The Hall–Kier alpha value is -2.65. The Morgan fingerprint density at radius 3 is 2.34 bits per heavy atom. The molecule has 1 atom stereocenters. The van der Waals surface area contributed by atoms with Crippen LogP contribution in [-0.2, 0) is 19.9 Å². The lowest BCUT2D eigenvalue weighted by Crippen LogP contribution is -2.41. The molecule has 1 aliphatic rings. The van der Waals surface area contributed by atoms with Gasteiger partial charge in [-0.3, -0.25) is 9.52 Å². The van der Waals surface area contributed by atoms with Gasteiger partial charge in [-0.1, -0.05) is 24.3 Å². The smallest absolute Gasteiger partial charge is 0.261 e. The fraction of sp³-hybridized carbons (Fsp3) is 0.250. The lowest BCUT2D eigenvalue weighted by Gasteiger charge is -2.27. The van der Waals surface area contributed by atoms with Crippen molar-refractivity contribution in [3.05, 3.63) is 72.8 Å². The number of rotatable bonds is 7. The normalized spacial score (nSPS) is 18.1. The second-order valence-electron chi connectivity index (χ2n) is 6.80. The number of anilines is 1. The number of sulfonamides is 1. The van der Waals surface area contributed by atoms with Crippen LogP contribution in [0.4, 0.5) is 5.69 Å². The van der Waals surface area contributed by atoms with E-state index in [4.69, 9.17) is 0 Å². The van der Waals surface area contributed by atoms with E-state index in [0.717, 1.165) is 0 Å². The Kier molecular flexibility index (Phi) is 6.09. The summed E-state index contributed by atoms with van der Waals surface area (Å²) in [5.41, 5.74) is 0.669. The number of hydrogen-bond acceptors (Lipinski definition) is 5. The molecule has 1 unspecified atom stereocenters. The summed E-state index contributed by atoms with van der Waals surface area (Å²) < 4.78 is 50.8. The van der Waals surface area contributed by atoms with Gasteiger partial charge in [0.15, 0.2) is 9.84 Å². The average molecular weight is 435 g/mol. The van der Waals surface area contributed by atoms with Crippen molar-refractivity contribution < 1.29 is 21.6 Å². The maximum absolute atomic E-state index is 12.9. The first-order valence-electron chi connectivity index (χ1n) is 9.02. The molecule has 154 valence electrons. The van der Waals surface area contributed by atoms with Gasteiger partial charge in [0.05, 0.1) is 16.4 Å². The average Bonchev–Trinajstić information content (AvgIpc) is 3.06. The highest BCUT2D eigenvalue weighted by atomic mass is 32.2. The minimum Gasteiger partial charge on any atom is -0.331 e. The fourth-order valence-corrected chi connectivity index (χ4v) is 6.03. The lowest BCUT2D eigenvalue weighted by molar-refractivity contribution is 0.0720. The van der Waals surface area contributed by atoms with Crippen LogP contribution in [0.25, 0.3) is 0 Å². The molecule has 29 heavy (non-hydrogen) atoms. The van der Waals surface area contributed by atoms with E-state index in [-0.39, 0.29) is 34.9 Å². The standard InChI is InChI=1S/C20H22N2O5S2/c1-2-13-22(18-12-14-28(24,25)15-18)20(23)16-8-10-17(11-9-16)21-29(26,27)19-6-4-3-5-7-19/h2-11,18,21H,1,12-15H2. The summed E-state index contributed by atoms with van der Waals surface area (Å²) in [7, 11) is -6.86. The zero-order chi connectivity index (χ0) is 21.1. The first kappa shape index (κ1) is 21.1. The summed E-state index contributed by atoms with van der Waals surface area (Å²) in [6.45, 7) is 3.88. The van der Waals surface area contributed by atoms with E-state index < -0.39 is 19.9 Å². The number of sulfone groups is 1. The van der Waals surface area contributed by atoms with E-state index >= 15 is 0 Å². The molecule has 7 nitrogen and oxygen atoms in total. The van der Waals surface area contributed by atoms with E-state index in [2.05, 4.69) is 11.3 Å². The van der Waals surface area contributed by atoms with Gasteiger partial charge in [-0.2, -0.15) is 0 Å². The third-order valence-electron chi connectivity index (χ3n) is 4.67. The molecule has 1 amide bonds. The first-order valence-corrected chi connectivity index (χ1v) is 12.3. The molecule has 0 bridgehead atoms. The number of nitrogens with zero attached hydrogens (tertiary/aromatic N) is 1. The zero-order valence-electron chi connectivity index (χ0n) is 15.7. The molecule has 2 aromatic rings. The molecule has 0 aliphatic carbocycles. The Labute approximate surface area is 171 Å². The van der Waals surface area contributed by atoms with E-state index in [1.807, 2.05) is 0 Å². The van der Waals surface area contributed by atoms with Gasteiger partial charge in [0, 0.05) is 23.8 Å². The zero-order valence-corrected chi connectivity index (χ0v) is 17.3. The second kappa shape index (κ2) is 8.38. The van der Waals surface area contributed by atoms with E-state index in [1.54, 1.807) is 24.3 Å². The number of carbonyl (C=O) groups is 1. The maximum Gasteiger partial charge on any atom is 0.261 e. The molecular weight excluding hydrogens is 412 g/mol. The van der Waals surface area contributed by atoms with Crippen molar-refractivity contribution >= 4 is 31.5 Å². The molecule has 1 aliphatic heterocycles. The van der Waals surface area contributed by atoms with Crippen molar-refractivity contribution in [2.75, 3.05) is 22.8 Å². The Bertz CT molecular complexity index is 1100. The number of hydrogen-bond donors (Lipinski definition) is 1. The van der Waals surface area contributed by atoms with E-state index in [9.17, 15) is 21.6 Å². The van der Waals surface area contributed by atoms with Gasteiger partial charge in [0.2, 0.25) is 0 Å². The predicted octanol–water partition coefficient (Wildman–Crippen LogP) is 2.30. The van der Waals surface area contributed by atoms with Gasteiger partial charge >= 0.3 is 0 Å². The predicted molar refractivity (Wildman–Crippen MR) is 112 cm³/mol. The molecule has 2 aromatic carbocycles. The van der Waals surface area contributed by atoms with Gasteiger partial charge in [-0.15, -0.1) is 6.58 Å². The van der Waals surface area contributed by atoms with Gasteiger partial charge in [-0.05, 0) is 42.8 Å². The van der Waals surface area contributed by atoms with Crippen molar-refractivity contribution in [1.82, 2.24) is 4.90 Å². The third-order valence-corrected chi connectivity index (χ3v) is 7.82. The molecule has 0 radical (unpaired) electrons. The quantitative estimate of drug-likeness (QED) is 0.674. The van der Waals surface area contributed by atoms with Crippen molar-refractivity contribution in [2.24, 2.45) is 0 Å². The summed E-state index contributed by atoms with van der Waals surface area (Å²) in [5.74, 6) is -0.301. The topological polar surface area (TPSA) is 101 Å². The molecule has 3 rings (SSSR count). The van der Waals surface area contributed by atoms with Crippen LogP contribution in [0.3, 0.4) is 0 Å². The van der Waals surface area contributed by atoms with Crippen LogP contribution in [0.5, 0.6) is 0 Å². The lowest BCUT2D eigenvalue weighted by atomic mass is 10.1. The monoisotopic (exact) mass is 434 g/mol. The number of nitrogens with one attached hydrogen (secondary N) is 1. The molecule has 1 N–H and O–H groups in total. The van der Waals surface area contributed by atoms with Gasteiger partial charge < -0.3 is 4.90 Å². The van der Waals surface area contributed by atoms with Crippen LogP contribution in [0, 0.1) is 0 Å². The second-order valence-corrected chi connectivity index (χ2v) is 10.7. The van der Waals surface area contributed by atoms with Gasteiger partial charge in [0.25, 0.3) is 15.9 Å². The third kappa shape index (κ3) is 5.04. The summed E-state index contributed by atoms with van der Waals surface area (Å²) in [6.07, 6.45) is 1.96. The van der Waals surface area contributed by atoms with Crippen molar-refractivity contribution in [2.45, 2.75) is 17.4 Å². The molecular formula is C20H22N2O5S2. The molecule has 1 heterocycles. The fourth-order valence-electron chi connectivity index (χ4n) is 3.22. The van der Waals surface area contributed by atoms with Gasteiger partial charge in [-0.25, -0.2) is 16.8 Å². The van der Waals surface area contributed by atoms with Crippen molar-refractivity contribution in [3.8, 4) is 0 Å². The first-order chi connectivity index (χ1) is 13.7. The van der Waals surface area contributed by atoms with Crippen LogP contribution in [0.2, 0.25) is 0 Å². The molecule has 1 fully saturated rings. The van der Waals surface area contributed by atoms with Gasteiger partial charge in [0.1, 0.15) is 0 Å². The van der Waals surface area contributed by atoms with Crippen LogP contribution in [0.15, 0.2) is 72.1 Å². The number of carbonyl (C=O) groups excluding carboxylic acids is 1. The Morgan fingerprint density at radius 2 is 1.79 bits per heavy atom. The van der Waals surface area contributed by atoms with E-state index in [1.165, 1.54) is 41.3 Å². The summed E-state index contributed by atoms with van der Waals surface area (Å²) >= 11 is 0. The molecule has 0 spiro atoms. The van der Waals surface area contributed by atoms with E-state index in [0.29, 0.717) is 17.7 Å².